The molecule has 104 valence electrons. The van der Waals surface area contributed by atoms with E-state index in [4.69, 9.17) is 5.11 Å². The van der Waals surface area contributed by atoms with Crippen molar-refractivity contribution in [1.82, 2.24) is 0 Å². The maximum atomic E-state index is 13.5. The zero-order valence-electron chi connectivity index (χ0n) is 11.6. The van der Waals surface area contributed by atoms with Crippen molar-refractivity contribution in [2.75, 3.05) is 18.5 Å². The molecule has 0 radical (unpaired) electrons. The highest BCUT2D eigenvalue weighted by Gasteiger charge is 2.05. The Balaban J connectivity index is 2.86. The third-order valence-corrected chi connectivity index (χ3v) is 2.81. The number of hydrogen-bond donors (Lipinski definition) is 1. The van der Waals surface area contributed by atoms with E-state index in [9.17, 15) is 9.18 Å². The Labute approximate surface area is 113 Å². The van der Waals surface area contributed by atoms with Crippen molar-refractivity contribution in [1.29, 1.82) is 0 Å². The van der Waals surface area contributed by atoms with Crippen LogP contribution in [0.2, 0.25) is 0 Å². The molecule has 1 aromatic rings. The highest BCUT2D eigenvalue weighted by atomic mass is 19.1. The van der Waals surface area contributed by atoms with E-state index in [1.165, 1.54) is 18.2 Å². The van der Waals surface area contributed by atoms with Crippen molar-refractivity contribution < 1.29 is 14.3 Å². The summed E-state index contributed by atoms with van der Waals surface area (Å²) in [6.45, 7) is 5.12. The molecule has 3 nitrogen and oxygen atoms in total. The van der Waals surface area contributed by atoms with Crippen LogP contribution in [0.1, 0.15) is 25.8 Å². The number of rotatable bonds is 6. The summed E-state index contributed by atoms with van der Waals surface area (Å²) in [5.41, 5.74) is 1.31. The van der Waals surface area contributed by atoms with Gasteiger partial charge in [-0.2, -0.15) is 0 Å². The summed E-state index contributed by atoms with van der Waals surface area (Å²) in [7, 11) is 1.90. The summed E-state index contributed by atoms with van der Waals surface area (Å²) in [4.78, 5) is 12.4. The molecule has 0 spiro atoms. The molecule has 0 aliphatic carbocycles. The first-order valence-corrected chi connectivity index (χ1v) is 6.31. The van der Waals surface area contributed by atoms with E-state index in [2.05, 4.69) is 13.8 Å². The highest BCUT2D eigenvalue weighted by Crippen LogP contribution is 2.19. The van der Waals surface area contributed by atoms with Crippen molar-refractivity contribution in [2.45, 2.75) is 20.3 Å². The average molecular weight is 265 g/mol. The van der Waals surface area contributed by atoms with Gasteiger partial charge in [0.25, 0.3) is 0 Å². The van der Waals surface area contributed by atoms with Crippen molar-refractivity contribution in [3.8, 4) is 0 Å². The van der Waals surface area contributed by atoms with Gasteiger partial charge in [-0.15, -0.1) is 0 Å². The molecular weight excluding hydrogens is 245 g/mol. The van der Waals surface area contributed by atoms with Crippen LogP contribution in [0.15, 0.2) is 24.3 Å². The molecular formula is C15H20FNO2. The van der Waals surface area contributed by atoms with E-state index in [1.54, 1.807) is 6.07 Å². The van der Waals surface area contributed by atoms with Crippen LogP contribution >= 0.6 is 0 Å². The molecule has 4 heteroatoms. The predicted octanol–water partition coefficient (Wildman–Crippen LogP) is 3.41. The number of nitrogens with zero attached hydrogens (tertiary/aromatic N) is 1. The van der Waals surface area contributed by atoms with Crippen LogP contribution < -0.4 is 4.90 Å². The first-order valence-electron chi connectivity index (χ1n) is 6.31. The summed E-state index contributed by atoms with van der Waals surface area (Å²) in [5, 5.41) is 8.58. The molecule has 0 fully saturated rings. The fourth-order valence-corrected chi connectivity index (χ4v) is 1.66. The minimum absolute atomic E-state index is 0.362. The Morgan fingerprint density at radius 3 is 2.68 bits per heavy atom. The normalized spacial score (nSPS) is 11.2. The molecule has 0 saturated heterocycles. The molecule has 1 rings (SSSR count). The van der Waals surface area contributed by atoms with Gasteiger partial charge in [-0.3, -0.25) is 0 Å². The Bertz CT molecular complexity index is 469. The molecule has 0 amide bonds. The monoisotopic (exact) mass is 265 g/mol. The minimum atomic E-state index is -1.04. The minimum Gasteiger partial charge on any atom is -0.478 e. The SMILES string of the molecule is CC(C)CCN(C)c1cc(F)cc(/C=C/C(=O)O)c1. The smallest absolute Gasteiger partial charge is 0.328 e. The first-order chi connectivity index (χ1) is 8.88. The lowest BCUT2D eigenvalue weighted by atomic mass is 10.1. The van der Waals surface area contributed by atoms with E-state index >= 15 is 0 Å². The molecule has 0 aliphatic heterocycles. The lowest BCUT2D eigenvalue weighted by molar-refractivity contribution is -0.131. The Kier molecular flexibility index (Phi) is 5.55. The number of carboxylic acids is 1. The first kappa shape index (κ1) is 15.2. The third kappa shape index (κ3) is 5.55. The van der Waals surface area contributed by atoms with Gasteiger partial charge in [0.15, 0.2) is 0 Å². The lowest BCUT2D eigenvalue weighted by Gasteiger charge is -2.21. The number of carboxylic acid groups (broad SMARTS) is 1. The van der Waals surface area contributed by atoms with Gasteiger partial charge in [0.1, 0.15) is 5.82 Å². The lowest BCUT2D eigenvalue weighted by Crippen LogP contribution is -2.20. The summed E-state index contributed by atoms with van der Waals surface area (Å²) < 4.78 is 13.5. The number of anilines is 1. The van der Waals surface area contributed by atoms with E-state index in [0.717, 1.165) is 24.7 Å². The van der Waals surface area contributed by atoms with Crippen LogP contribution in [-0.2, 0) is 4.79 Å². The zero-order chi connectivity index (χ0) is 14.4. The number of halogens is 1. The standard InChI is InChI=1S/C15H20FNO2/c1-11(2)6-7-17(3)14-9-12(4-5-15(18)19)8-13(16)10-14/h4-5,8-11H,6-7H2,1-3H3,(H,18,19)/b5-4+. The fourth-order valence-electron chi connectivity index (χ4n) is 1.66. The number of aliphatic carboxylic acids is 1. The summed E-state index contributed by atoms with van der Waals surface area (Å²) in [6.07, 6.45) is 3.42. The molecule has 0 saturated carbocycles. The fraction of sp³-hybridized carbons (Fsp3) is 0.400. The third-order valence-electron chi connectivity index (χ3n) is 2.81. The second-order valence-electron chi connectivity index (χ2n) is 5.02. The Morgan fingerprint density at radius 2 is 2.11 bits per heavy atom. The van der Waals surface area contributed by atoms with Gasteiger partial charge < -0.3 is 10.0 Å². The van der Waals surface area contributed by atoms with E-state index in [1.807, 2.05) is 11.9 Å². The van der Waals surface area contributed by atoms with Crippen LogP contribution in [0, 0.1) is 11.7 Å². The predicted molar refractivity (Wildman–Crippen MR) is 75.8 cm³/mol. The van der Waals surface area contributed by atoms with Crippen LogP contribution in [-0.4, -0.2) is 24.7 Å². The van der Waals surface area contributed by atoms with Gasteiger partial charge in [-0.25, -0.2) is 9.18 Å². The number of carbonyl (C=O) groups is 1. The molecule has 1 N–H and O–H groups in total. The van der Waals surface area contributed by atoms with E-state index in [0.29, 0.717) is 11.5 Å². The molecule has 0 aliphatic rings. The van der Waals surface area contributed by atoms with Gasteiger partial charge >= 0.3 is 5.97 Å². The van der Waals surface area contributed by atoms with Crippen molar-refractivity contribution in [3.05, 3.63) is 35.7 Å². The molecule has 0 bridgehead atoms. The molecule has 0 aromatic heterocycles. The van der Waals surface area contributed by atoms with Gasteiger partial charge in [0.05, 0.1) is 0 Å². The Hall–Kier alpha value is -1.84. The highest BCUT2D eigenvalue weighted by molar-refractivity contribution is 5.85. The summed E-state index contributed by atoms with van der Waals surface area (Å²) >= 11 is 0. The van der Waals surface area contributed by atoms with Crippen LogP contribution in [0.4, 0.5) is 10.1 Å². The summed E-state index contributed by atoms with van der Waals surface area (Å²) in [6, 6.07) is 4.56. The van der Waals surface area contributed by atoms with Gasteiger partial charge in [-0.1, -0.05) is 13.8 Å². The zero-order valence-corrected chi connectivity index (χ0v) is 11.6. The Morgan fingerprint density at radius 1 is 1.42 bits per heavy atom. The quantitative estimate of drug-likeness (QED) is 0.801. The second-order valence-corrected chi connectivity index (χ2v) is 5.02. The topological polar surface area (TPSA) is 40.5 Å². The number of hydrogen-bond acceptors (Lipinski definition) is 2. The molecule has 0 heterocycles. The second kappa shape index (κ2) is 6.92. The molecule has 0 atom stereocenters. The molecule has 0 unspecified atom stereocenters. The maximum Gasteiger partial charge on any atom is 0.328 e. The van der Waals surface area contributed by atoms with E-state index in [-0.39, 0.29) is 5.82 Å². The van der Waals surface area contributed by atoms with Crippen molar-refractivity contribution >= 4 is 17.7 Å². The summed E-state index contributed by atoms with van der Waals surface area (Å²) in [5.74, 6) is -0.819. The average Bonchev–Trinajstić information content (AvgIpc) is 2.32. The van der Waals surface area contributed by atoms with Crippen LogP contribution in [0.3, 0.4) is 0 Å². The van der Waals surface area contributed by atoms with E-state index < -0.39 is 5.97 Å². The van der Waals surface area contributed by atoms with Gasteiger partial charge in [0, 0.05) is 25.4 Å². The van der Waals surface area contributed by atoms with Crippen molar-refractivity contribution in [3.63, 3.8) is 0 Å². The van der Waals surface area contributed by atoms with Crippen molar-refractivity contribution in [2.24, 2.45) is 5.92 Å². The van der Waals surface area contributed by atoms with Gasteiger partial charge in [0.2, 0.25) is 0 Å². The maximum absolute atomic E-state index is 13.5. The van der Waals surface area contributed by atoms with Crippen LogP contribution in [0.25, 0.3) is 6.08 Å². The molecule has 19 heavy (non-hydrogen) atoms. The van der Waals surface area contributed by atoms with Gasteiger partial charge in [-0.05, 0) is 42.2 Å². The number of benzene rings is 1. The van der Waals surface area contributed by atoms with Crippen LogP contribution in [0.5, 0.6) is 0 Å². The molecule has 1 aromatic carbocycles. The largest absolute Gasteiger partial charge is 0.478 e.